The van der Waals surface area contributed by atoms with Crippen molar-refractivity contribution in [2.24, 2.45) is 0 Å². The van der Waals surface area contributed by atoms with Crippen LogP contribution in [0.25, 0.3) is 0 Å². The summed E-state index contributed by atoms with van der Waals surface area (Å²) in [6.07, 6.45) is 1.85. The van der Waals surface area contributed by atoms with E-state index in [1.807, 2.05) is 6.20 Å². The molecule has 0 N–H and O–H groups in total. The van der Waals surface area contributed by atoms with Crippen LogP contribution in [0.15, 0.2) is 16.7 Å². The van der Waals surface area contributed by atoms with E-state index >= 15 is 0 Å². The number of nitrogens with zero attached hydrogens (tertiary/aromatic N) is 3. The highest BCUT2D eigenvalue weighted by atomic mass is 79.9. The Hall–Kier alpha value is -0.320. The molecule has 1 aliphatic rings. The van der Waals surface area contributed by atoms with Crippen LogP contribution in [-0.2, 0) is 5.88 Å². The molecule has 100 valence electrons. The maximum atomic E-state index is 6.02. The van der Waals surface area contributed by atoms with E-state index in [0.717, 1.165) is 42.0 Å². The summed E-state index contributed by atoms with van der Waals surface area (Å²) in [6.45, 7) is 8.74. The Morgan fingerprint density at radius 1 is 1.50 bits per heavy atom. The number of anilines is 1. The Kier molecular flexibility index (Phi) is 4.87. The Morgan fingerprint density at radius 2 is 2.28 bits per heavy atom. The van der Waals surface area contributed by atoms with Crippen LogP contribution in [0.5, 0.6) is 0 Å². The van der Waals surface area contributed by atoms with Crippen LogP contribution in [-0.4, -0.2) is 42.1 Å². The first-order valence-corrected chi connectivity index (χ1v) is 7.67. The highest BCUT2D eigenvalue weighted by molar-refractivity contribution is 9.10. The second-order valence-electron chi connectivity index (χ2n) is 4.69. The Bertz CT molecular complexity index is 413. The lowest BCUT2D eigenvalue weighted by atomic mass is 10.1. The smallest absolute Gasteiger partial charge is 0.133 e. The maximum absolute atomic E-state index is 6.02. The average Bonchev–Trinajstić information content (AvgIpc) is 2.38. The summed E-state index contributed by atoms with van der Waals surface area (Å²) >= 11 is 9.46. The zero-order valence-corrected chi connectivity index (χ0v) is 13.2. The predicted molar refractivity (Wildman–Crippen MR) is 80.4 cm³/mol. The lowest BCUT2D eigenvalue weighted by Gasteiger charge is -2.40. The summed E-state index contributed by atoms with van der Waals surface area (Å²) in [4.78, 5) is 9.38. The second-order valence-corrected chi connectivity index (χ2v) is 5.88. The minimum Gasteiger partial charge on any atom is -0.354 e. The molecule has 1 unspecified atom stereocenters. The molecular formula is C13H19BrClN3. The summed E-state index contributed by atoms with van der Waals surface area (Å²) in [5.41, 5.74) is 1.10. The molecule has 0 saturated carbocycles. The largest absolute Gasteiger partial charge is 0.354 e. The van der Waals surface area contributed by atoms with E-state index in [4.69, 9.17) is 11.6 Å². The number of halogens is 2. The van der Waals surface area contributed by atoms with Gasteiger partial charge in [-0.2, -0.15) is 0 Å². The fourth-order valence-corrected chi connectivity index (χ4v) is 3.09. The molecule has 0 bridgehead atoms. The van der Waals surface area contributed by atoms with Crippen LogP contribution in [0.1, 0.15) is 19.4 Å². The number of alkyl halides is 1. The van der Waals surface area contributed by atoms with E-state index in [2.05, 4.69) is 50.6 Å². The highest BCUT2D eigenvalue weighted by Crippen LogP contribution is 2.25. The van der Waals surface area contributed by atoms with Gasteiger partial charge < -0.3 is 4.90 Å². The summed E-state index contributed by atoms with van der Waals surface area (Å²) in [5, 5.41) is 0. The Labute approximate surface area is 122 Å². The van der Waals surface area contributed by atoms with Crippen molar-refractivity contribution in [3.63, 3.8) is 0 Å². The number of hydrogen-bond acceptors (Lipinski definition) is 3. The molecule has 0 amide bonds. The van der Waals surface area contributed by atoms with Crippen molar-refractivity contribution in [2.45, 2.75) is 25.8 Å². The van der Waals surface area contributed by atoms with Gasteiger partial charge in [-0.1, -0.05) is 6.92 Å². The van der Waals surface area contributed by atoms with Crippen molar-refractivity contribution in [2.75, 3.05) is 31.1 Å². The van der Waals surface area contributed by atoms with Crippen molar-refractivity contribution >= 4 is 33.3 Å². The molecule has 0 spiro atoms. The van der Waals surface area contributed by atoms with Crippen LogP contribution in [0.3, 0.4) is 0 Å². The molecule has 5 heteroatoms. The molecule has 3 nitrogen and oxygen atoms in total. The van der Waals surface area contributed by atoms with Gasteiger partial charge in [0.25, 0.3) is 0 Å². The van der Waals surface area contributed by atoms with Crippen molar-refractivity contribution in [1.29, 1.82) is 0 Å². The van der Waals surface area contributed by atoms with Crippen LogP contribution in [0, 0.1) is 0 Å². The van der Waals surface area contributed by atoms with Gasteiger partial charge in [0.1, 0.15) is 5.82 Å². The quantitative estimate of drug-likeness (QED) is 0.793. The van der Waals surface area contributed by atoms with Crippen LogP contribution in [0.4, 0.5) is 5.82 Å². The first kappa shape index (κ1) is 14.1. The van der Waals surface area contributed by atoms with Crippen molar-refractivity contribution in [3.05, 3.63) is 22.3 Å². The Balaban J connectivity index is 2.17. The highest BCUT2D eigenvalue weighted by Gasteiger charge is 2.24. The zero-order valence-electron chi connectivity index (χ0n) is 10.9. The summed E-state index contributed by atoms with van der Waals surface area (Å²) < 4.78 is 0.988. The fraction of sp³-hybridized carbons (Fsp3) is 0.615. The lowest BCUT2D eigenvalue weighted by Crippen LogP contribution is -2.52. The number of pyridine rings is 1. The molecular weight excluding hydrogens is 314 g/mol. The second kappa shape index (κ2) is 6.22. The zero-order chi connectivity index (χ0) is 13.1. The normalized spacial score (nSPS) is 21.3. The monoisotopic (exact) mass is 331 g/mol. The summed E-state index contributed by atoms with van der Waals surface area (Å²) in [5.74, 6) is 1.54. The predicted octanol–water partition coefficient (Wildman–Crippen LogP) is 3.11. The van der Waals surface area contributed by atoms with Crippen LogP contribution < -0.4 is 4.90 Å². The molecule has 0 radical (unpaired) electrons. The van der Waals surface area contributed by atoms with E-state index in [9.17, 15) is 0 Å². The summed E-state index contributed by atoms with van der Waals surface area (Å²) in [7, 11) is 0. The maximum Gasteiger partial charge on any atom is 0.133 e. The lowest BCUT2D eigenvalue weighted by molar-refractivity contribution is 0.199. The van der Waals surface area contributed by atoms with E-state index < -0.39 is 0 Å². The number of rotatable bonds is 3. The minimum atomic E-state index is 0.504. The number of piperazine rings is 1. The summed E-state index contributed by atoms with van der Waals surface area (Å²) in [6, 6.07) is 2.63. The van der Waals surface area contributed by atoms with Gasteiger partial charge in [0.05, 0.1) is 5.88 Å². The van der Waals surface area contributed by atoms with Gasteiger partial charge in [-0.3, -0.25) is 4.90 Å². The van der Waals surface area contributed by atoms with Gasteiger partial charge in [0.15, 0.2) is 0 Å². The SMILES string of the molecule is CCN1CCN(c2ncc(Br)cc2CCl)CC1C. The van der Waals surface area contributed by atoms with Gasteiger partial charge in [0, 0.05) is 41.9 Å². The van der Waals surface area contributed by atoms with E-state index in [1.165, 1.54) is 0 Å². The average molecular weight is 333 g/mol. The van der Waals surface area contributed by atoms with Gasteiger partial charge >= 0.3 is 0 Å². The molecule has 0 aromatic carbocycles. The molecule has 18 heavy (non-hydrogen) atoms. The van der Waals surface area contributed by atoms with Crippen molar-refractivity contribution < 1.29 is 0 Å². The third kappa shape index (κ3) is 2.98. The molecule has 1 aromatic heterocycles. The Morgan fingerprint density at radius 3 is 2.89 bits per heavy atom. The number of aromatic nitrogens is 1. The molecule has 2 rings (SSSR count). The van der Waals surface area contributed by atoms with Gasteiger partial charge in [0.2, 0.25) is 0 Å². The van der Waals surface area contributed by atoms with Gasteiger partial charge in [-0.25, -0.2) is 4.98 Å². The van der Waals surface area contributed by atoms with Gasteiger partial charge in [-0.15, -0.1) is 11.6 Å². The first-order chi connectivity index (χ1) is 8.65. The molecule has 2 heterocycles. The number of hydrogen-bond donors (Lipinski definition) is 0. The van der Waals surface area contributed by atoms with Crippen LogP contribution in [0.2, 0.25) is 0 Å². The molecule has 0 aliphatic carbocycles. The topological polar surface area (TPSA) is 19.4 Å². The number of likely N-dealkylation sites (N-methyl/N-ethyl adjacent to an activating group) is 1. The van der Waals surface area contributed by atoms with Crippen LogP contribution >= 0.6 is 27.5 Å². The molecule has 1 aromatic rings. The fourth-order valence-electron chi connectivity index (χ4n) is 2.51. The van der Waals surface area contributed by atoms with E-state index in [-0.39, 0.29) is 0 Å². The third-order valence-electron chi connectivity index (χ3n) is 3.52. The molecule has 1 aliphatic heterocycles. The van der Waals surface area contributed by atoms with E-state index in [0.29, 0.717) is 11.9 Å². The molecule has 1 saturated heterocycles. The van der Waals surface area contributed by atoms with Crippen molar-refractivity contribution in [1.82, 2.24) is 9.88 Å². The minimum absolute atomic E-state index is 0.504. The van der Waals surface area contributed by atoms with Crippen molar-refractivity contribution in [3.8, 4) is 0 Å². The third-order valence-corrected chi connectivity index (χ3v) is 4.25. The molecule has 1 atom stereocenters. The first-order valence-electron chi connectivity index (χ1n) is 6.35. The van der Waals surface area contributed by atoms with E-state index in [1.54, 1.807) is 0 Å². The molecule has 1 fully saturated rings. The van der Waals surface area contributed by atoms with Gasteiger partial charge in [-0.05, 0) is 35.5 Å². The standard InChI is InChI=1S/C13H19BrClN3/c1-3-17-4-5-18(9-10(17)2)13-11(7-15)6-12(14)8-16-13/h6,8,10H,3-5,7,9H2,1-2H3.